The Balaban J connectivity index is 1.99. The van der Waals surface area contributed by atoms with Gasteiger partial charge in [0.1, 0.15) is 11.5 Å². The van der Waals surface area contributed by atoms with Gasteiger partial charge in [0.05, 0.1) is 0 Å². The fraction of sp³-hybridized carbons (Fsp3) is 0.0370. The van der Waals surface area contributed by atoms with Gasteiger partial charge < -0.3 is 4.74 Å². The van der Waals surface area contributed by atoms with Gasteiger partial charge in [0.2, 0.25) is 0 Å². The number of para-hydroxylation sites is 1. The van der Waals surface area contributed by atoms with Crippen LogP contribution in [0.3, 0.4) is 0 Å². The van der Waals surface area contributed by atoms with Gasteiger partial charge in [0.25, 0.3) is 0 Å². The van der Waals surface area contributed by atoms with Crippen LogP contribution in [0.1, 0.15) is 22.3 Å². The smallest absolute Gasteiger partial charge is 0.143 e. The molecule has 0 fully saturated rings. The molecule has 0 atom stereocenters. The van der Waals surface area contributed by atoms with Crippen LogP contribution in [0, 0.1) is 6.92 Å². The van der Waals surface area contributed by atoms with E-state index in [9.17, 15) is 0 Å². The van der Waals surface area contributed by atoms with Crippen molar-refractivity contribution in [2.75, 3.05) is 0 Å². The highest BCUT2D eigenvalue weighted by Crippen LogP contribution is 2.34. The van der Waals surface area contributed by atoms with Gasteiger partial charge in [-0.1, -0.05) is 109 Å². The van der Waals surface area contributed by atoms with Crippen molar-refractivity contribution < 1.29 is 4.74 Å². The summed E-state index contributed by atoms with van der Waals surface area (Å²) in [6.07, 6.45) is 0. The highest BCUT2D eigenvalue weighted by Gasteiger charge is 2.17. The number of benzene rings is 4. The first kappa shape index (κ1) is 17.8. The molecule has 0 aliphatic rings. The molecular formula is C27H22O. The Morgan fingerprint density at radius 1 is 0.500 bits per heavy atom. The van der Waals surface area contributed by atoms with Crippen molar-refractivity contribution >= 4 is 11.3 Å². The van der Waals surface area contributed by atoms with Gasteiger partial charge in [0.15, 0.2) is 0 Å². The zero-order valence-corrected chi connectivity index (χ0v) is 15.9. The zero-order chi connectivity index (χ0) is 19.2. The lowest BCUT2D eigenvalue weighted by molar-refractivity contribution is 0.512. The number of rotatable bonds is 5. The van der Waals surface area contributed by atoms with E-state index in [1.54, 1.807) is 0 Å². The van der Waals surface area contributed by atoms with Crippen molar-refractivity contribution in [1.82, 2.24) is 0 Å². The normalized spacial score (nSPS) is 10.3. The van der Waals surface area contributed by atoms with Crippen LogP contribution in [-0.4, -0.2) is 0 Å². The Morgan fingerprint density at radius 2 is 0.929 bits per heavy atom. The van der Waals surface area contributed by atoms with Crippen molar-refractivity contribution in [3.63, 3.8) is 0 Å². The molecule has 0 aliphatic carbocycles. The molecule has 1 nitrogen and oxygen atoms in total. The summed E-state index contributed by atoms with van der Waals surface area (Å²) in [6.45, 7) is 2.07. The number of aryl methyl sites for hydroxylation is 1. The first-order chi connectivity index (χ1) is 13.8. The molecule has 4 aromatic rings. The third kappa shape index (κ3) is 3.89. The average Bonchev–Trinajstić information content (AvgIpc) is 2.77. The third-order valence-electron chi connectivity index (χ3n) is 4.69. The molecule has 0 aliphatic heterocycles. The summed E-state index contributed by atoms with van der Waals surface area (Å²) < 4.78 is 6.58. The second-order valence-corrected chi connectivity index (χ2v) is 6.67. The molecule has 28 heavy (non-hydrogen) atoms. The lowest BCUT2D eigenvalue weighted by Crippen LogP contribution is -2.02. The Kier molecular flexibility index (Phi) is 5.35. The average molecular weight is 362 g/mol. The molecule has 0 amide bonds. The highest BCUT2D eigenvalue weighted by atomic mass is 16.5. The van der Waals surface area contributed by atoms with Crippen molar-refractivity contribution in [1.29, 1.82) is 0 Å². The van der Waals surface area contributed by atoms with Gasteiger partial charge >= 0.3 is 0 Å². The molecule has 0 bridgehead atoms. The standard InChI is InChI=1S/C27H22O/c1-21-13-11-12-20-25(21)28-27(24-18-9-4-10-19-24)26(22-14-5-2-6-15-22)23-16-7-3-8-17-23/h2-20H,1H3. The van der Waals surface area contributed by atoms with E-state index in [0.717, 1.165) is 39.3 Å². The van der Waals surface area contributed by atoms with Gasteiger partial charge in [-0.25, -0.2) is 0 Å². The van der Waals surface area contributed by atoms with Crippen LogP contribution in [0.2, 0.25) is 0 Å². The molecule has 0 spiro atoms. The molecule has 4 aromatic carbocycles. The van der Waals surface area contributed by atoms with Gasteiger partial charge in [-0.2, -0.15) is 0 Å². The van der Waals surface area contributed by atoms with Crippen LogP contribution in [-0.2, 0) is 0 Å². The van der Waals surface area contributed by atoms with E-state index in [1.807, 2.05) is 48.5 Å². The van der Waals surface area contributed by atoms with E-state index in [4.69, 9.17) is 4.74 Å². The molecule has 4 rings (SSSR count). The molecule has 0 aromatic heterocycles. The predicted octanol–water partition coefficient (Wildman–Crippen LogP) is 6.99. The first-order valence-corrected chi connectivity index (χ1v) is 9.47. The molecule has 1 heteroatoms. The maximum atomic E-state index is 6.58. The summed E-state index contributed by atoms with van der Waals surface area (Å²) in [4.78, 5) is 0. The predicted molar refractivity (Wildman–Crippen MR) is 117 cm³/mol. The SMILES string of the molecule is Cc1ccccc1OC(=C(c1ccccc1)c1ccccc1)c1ccccc1. The van der Waals surface area contributed by atoms with Gasteiger partial charge in [-0.3, -0.25) is 0 Å². The lowest BCUT2D eigenvalue weighted by atomic mass is 9.94. The van der Waals surface area contributed by atoms with Crippen molar-refractivity contribution in [3.05, 3.63) is 138 Å². The van der Waals surface area contributed by atoms with E-state index in [1.165, 1.54) is 0 Å². The summed E-state index contributed by atoms with van der Waals surface area (Å²) in [6, 6.07) is 39.3. The second-order valence-electron chi connectivity index (χ2n) is 6.67. The Hall–Kier alpha value is -3.58. The van der Waals surface area contributed by atoms with Crippen LogP contribution < -0.4 is 4.74 Å². The van der Waals surface area contributed by atoms with Gasteiger partial charge in [-0.15, -0.1) is 0 Å². The largest absolute Gasteiger partial charge is 0.456 e. The van der Waals surface area contributed by atoms with Crippen molar-refractivity contribution in [2.24, 2.45) is 0 Å². The quantitative estimate of drug-likeness (QED) is 0.274. The summed E-state index contributed by atoms with van der Waals surface area (Å²) in [5.74, 6) is 1.72. The van der Waals surface area contributed by atoms with Crippen LogP contribution in [0.4, 0.5) is 0 Å². The molecule has 0 N–H and O–H groups in total. The maximum absolute atomic E-state index is 6.58. The Bertz CT molecular complexity index is 1020. The van der Waals surface area contributed by atoms with E-state index >= 15 is 0 Å². The summed E-state index contributed by atoms with van der Waals surface area (Å²) in [7, 11) is 0. The molecule has 136 valence electrons. The topological polar surface area (TPSA) is 9.23 Å². The van der Waals surface area contributed by atoms with Crippen LogP contribution in [0.5, 0.6) is 5.75 Å². The van der Waals surface area contributed by atoms with E-state index in [0.29, 0.717) is 0 Å². The Morgan fingerprint density at radius 3 is 1.43 bits per heavy atom. The van der Waals surface area contributed by atoms with E-state index in [-0.39, 0.29) is 0 Å². The molecule has 0 radical (unpaired) electrons. The van der Waals surface area contributed by atoms with Crippen LogP contribution in [0.25, 0.3) is 11.3 Å². The van der Waals surface area contributed by atoms with Crippen molar-refractivity contribution in [2.45, 2.75) is 6.92 Å². The minimum atomic E-state index is 0.854. The van der Waals surface area contributed by atoms with Gasteiger partial charge in [0, 0.05) is 11.1 Å². The van der Waals surface area contributed by atoms with E-state index in [2.05, 4.69) is 73.7 Å². The van der Waals surface area contributed by atoms with Gasteiger partial charge in [-0.05, 0) is 29.7 Å². The number of hydrogen-bond acceptors (Lipinski definition) is 1. The van der Waals surface area contributed by atoms with Crippen LogP contribution >= 0.6 is 0 Å². The fourth-order valence-electron chi connectivity index (χ4n) is 3.26. The molecule has 0 heterocycles. The van der Waals surface area contributed by atoms with Crippen molar-refractivity contribution in [3.8, 4) is 5.75 Å². The number of ether oxygens (including phenoxy) is 1. The molecule has 0 unspecified atom stereocenters. The fourth-order valence-corrected chi connectivity index (χ4v) is 3.26. The third-order valence-corrected chi connectivity index (χ3v) is 4.69. The minimum Gasteiger partial charge on any atom is -0.456 e. The molecule has 0 saturated carbocycles. The summed E-state index contributed by atoms with van der Waals surface area (Å²) in [5, 5.41) is 0. The van der Waals surface area contributed by atoms with Crippen LogP contribution in [0.15, 0.2) is 115 Å². The van der Waals surface area contributed by atoms with E-state index < -0.39 is 0 Å². The Labute approximate surface area is 166 Å². The zero-order valence-electron chi connectivity index (χ0n) is 15.9. The monoisotopic (exact) mass is 362 g/mol. The highest BCUT2D eigenvalue weighted by molar-refractivity contribution is 5.96. The summed E-state index contributed by atoms with van der Waals surface area (Å²) >= 11 is 0. The lowest BCUT2D eigenvalue weighted by Gasteiger charge is -2.19. The molecular weight excluding hydrogens is 340 g/mol. The first-order valence-electron chi connectivity index (χ1n) is 9.47. The summed E-state index contributed by atoms with van der Waals surface area (Å²) in [5.41, 5.74) is 5.49. The maximum Gasteiger partial charge on any atom is 0.143 e. The second kappa shape index (κ2) is 8.41. The minimum absolute atomic E-state index is 0.854. The molecule has 0 saturated heterocycles. The number of hydrogen-bond donors (Lipinski definition) is 0.